The lowest BCUT2D eigenvalue weighted by Gasteiger charge is -2.07. The minimum absolute atomic E-state index is 0.132. The number of benzene rings is 1. The van der Waals surface area contributed by atoms with Gasteiger partial charge in [-0.1, -0.05) is 12.1 Å². The number of hydrogen-bond acceptors (Lipinski definition) is 3. The Kier molecular flexibility index (Phi) is 2.80. The summed E-state index contributed by atoms with van der Waals surface area (Å²) < 4.78 is 1.75. The largest absolute Gasteiger partial charge is 0.326 e. The molecule has 1 amide bonds. The van der Waals surface area contributed by atoms with E-state index in [9.17, 15) is 4.79 Å². The molecule has 0 unspecified atom stereocenters. The molecule has 92 valence electrons. The number of amides is 1. The van der Waals surface area contributed by atoms with Gasteiger partial charge in [0.1, 0.15) is 12.7 Å². The number of nitrogens with one attached hydrogen (secondary N) is 1. The molecule has 5 nitrogen and oxygen atoms in total. The van der Waals surface area contributed by atoms with Crippen LogP contribution in [0.3, 0.4) is 0 Å². The fourth-order valence-electron chi connectivity index (χ4n) is 1.84. The molecule has 1 aliphatic carbocycles. The van der Waals surface area contributed by atoms with Crippen molar-refractivity contribution >= 4 is 11.6 Å². The molecule has 18 heavy (non-hydrogen) atoms. The molecule has 0 radical (unpaired) electrons. The van der Waals surface area contributed by atoms with Crippen LogP contribution in [0, 0.1) is 5.92 Å². The van der Waals surface area contributed by atoms with Crippen molar-refractivity contribution in [2.75, 3.05) is 5.32 Å². The van der Waals surface area contributed by atoms with Crippen molar-refractivity contribution in [3.05, 3.63) is 42.5 Å². The maximum atomic E-state index is 11.7. The Balaban J connectivity index is 1.70. The van der Waals surface area contributed by atoms with Crippen LogP contribution in [0.25, 0.3) is 0 Å². The van der Waals surface area contributed by atoms with Gasteiger partial charge in [-0.15, -0.1) is 0 Å². The molecule has 1 aromatic carbocycles. The highest BCUT2D eigenvalue weighted by atomic mass is 16.2. The Hall–Kier alpha value is -2.17. The molecule has 1 N–H and O–H groups in total. The van der Waals surface area contributed by atoms with Crippen molar-refractivity contribution in [1.82, 2.24) is 14.8 Å². The summed E-state index contributed by atoms with van der Waals surface area (Å²) in [6, 6.07) is 7.83. The third kappa shape index (κ3) is 2.56. The van der Waals surface area contributed by atoms with Gasteiger partial charge in [-0.05, 0) is 30.5 Å². The quantitative estimate of drug-likeness (QED) is 0.887. The minimum atomic E-state index is 0.132. The Morgan fingerprint density at radius 1 is 1.44 bits per heavy atom. The van der Waals surface area contributed by atoms with Gasteiger partial charge in [-0.25, -0.2) is 9.67 Å². The number of aromatic nitrogens is 3. The zero-order chi connectivity index (χ0) is 12.4. The van der Waals surface area contributed by atoms with Crippen LogP contribution in [-0.4, -0.2) is 20.7 Å². The Morgan fingerprint density at radius 3 is 3.06 bits per heavy atom. The van der Waals surface area contributed by atoms with Crippen LogP contribution in [0.4, 0.5) is 5.69 Å². The first-order valence-electron chi connectivity index (χ1n) is 6.03. The molecule has 0 bridgehead atoms. The van der Waals surface area contributed by atoms with E-state index in [1.807, 2.05) is 24.3 Å². The van der Waals surface area contributed by atoms with Crippen LogP contribution in [0.2, 0.25) is 0 Å². The second kappa shape index (κ2) is 4.60. The molecule has 0 aliphatic heterocycles. The van der Waals surface area contributed by atoms with Crippen LogP contribution < -0.4 is 5.32 Å². The van der Waals surface area contributed by atoms with E-state index in [2.05, 4.69) is 15.4 Å². The maximum absolute atomic E-state index is 11.7. The van der Waals surface area contributed by atoms with Gasteiger partial charge in [0, 0.05) is 11.6 Å². The molecule has 0 spiro atoms. The summed E-state index contributed by atoms with van der Waals surface area (Å²) in [6.45, 7) is 0.660. The first-order valence-corrected chi connectivity index (χ1v) is 6.03. The molecule has 1 saturated carbocycles. The minimum Gasteiger partial charge on any atom is -0.326 e. The Labute approximate surface area is 105 Å². The van der Waals surface area contributed by atoms with E-state index >= 15 is 0 Å². The SMILES string of the molecule is O=C(Nc1cccc(Cn2cncn2)c1)C1CC1. The molecule has 1 heterocycles. The highest BCUT2D eigenvalue weighted by molar-refractivity contribution is 5.94. The van der Waals surface area contributed by atoms with E-state index in [1.54, 1.807) is 11.0 Å². The standard InChI is InChI=1S/C13H14N4O/c18-13(11-4-5-11)16-12-3-1-2-10(6-12)7-17-9-14-8-15-17/h1-3,6,8-9,11H,4-5,7H2,(H,16,18). The van der Waals surface area contributed by atoms with E-state index in [0.29, 0.717) is 6.54 Å². The number of carbonyl (C=O) groups is 1. The van der Waals surface area contributed by atoms with E-state index in [1.165, 1.54) is 6.33 Å². The van der Waals surface area contributed by atoms with Gasteiger partial charge in [0.25, 0.3) is 0 Å². The molecular weight excluding hydrogens is 228 g/mol. The zero-order valence-electron chi connectivity index (χ0n) is 9.91. The molecular formula is C13H14N4O. The highest BCUT2D eigenvalue weighted by Gasteiger charge is 2.29. The van der Waals surface area contributed by atoms with Crippen LogP contribution in [0.5, 0.6) is 0 Å². The summed E-state index contributed by atoms with van der Waals surface area (Å²) in [4.78, 5) is 15.6. The molecule has 2 aromatic rings. The van der Waals surface area contributed by atoms with Gasteiger partial charge in [-0.3, -0.25) is 4.79 Å². The summed E-state index contributed by atoms with van der Waals surface area (Å²) in [5, 5.41) is 7.00. The maximum Gasteiger partial charge on any atom is 0.227 e. The fraction of sp³-hybridized carbons (Fsp3) is 0.308. The summed E-state index contributed by atoms with van der Waals surface area (Å²) in [6.07, 6.45) is 5.23. The lowest BCUT2D eigenvalue weighted by atomic mass is 10.2. The molecule has 1 aromatic heterocycles. The third-order valence-corrected chi connectivity index (χ3v) is 2.95. The second-order valence-electron chi connectivity index (χ2n) is 4.56. The number of rotatable bonds is 4. The van der Waals surface area contributed by atoms with Crippen molar-refractivity contribution < 1.29 is 4.79 Å². The monoisotopic (exact) mass is 242 g/mol. The predicted octanol–water partition coefficient (Wildman–Crippen LogP) is 1.67. The van der Waals surface area contributed by atoms with E-state index in [-0.39, 0.29) is 11.8 Å². The highest BCUT2D eigenvalue weighted by Crippen LogP contribution is 2.30. The fourth-order valence-corrected chi connectivity index (χ4v) is 1.84. The normalized spacial score (nSPS) is 14.4. The molecule has 1 aliphatic rings. The molecule has 5 heteroatoms. The van der Waals surface area contributed by atoms with Crippen molar-refractivity contribution in [3.63, 3.8) is 0 Å². The molecule has 0 atom stereocenters. The van der Waals surface area contributed by atoms with Gasteiger partial charge in [0.2, 0.25) is 5.91 Å². The van der Waals surface area contributed by atoms with E-state index in [4.69, 9.17) is 0 Å². The predicted molar refractivity (Wildman–Crippen MR) is 66.9 cm³/mol. The average Bonchev–Trinajstić information content (AvgIpc) is 3.10. The van der Waals surface area contributed by atoms with Crippen molar-refractivity contribution in [1.29, 1.82) is 0 Å². The number of hydrogen-bond donors (Lipinski definition) is 1. The van der Waals surface area contributed by atoms with Crippen molar-refractivity contribution in [2.45, 2.75) is 19.4 Å². The Morgan fingerprint density at radius 2 is 2.33 bits per heavy atom. The van der Waals surface area contributed by atoms with Crippen molar-refractivity contribution in [2.24, 2.45) is 5.92 Å². The molecule has 0 saturated heterocycles. The summed E-state index contributed by atoms with van der Waals surface area (Å²) in [5.41, 5.74) is 1.94. The number of carbonyl (C=O) groups excluding carboxylic acids is 1. The third-order valence-electron chi connectivity index (χ3n) is 2.95. The van der Waals surface area contributed by atoms with Crippen LogP contribution in [0.1, 0.15) is 18.4 Å². The number of anilines is 1. The van der Waals surface area contributed by atoms with Crippen LogP contribution in [0.15, 0.2) is 36.9 Å². The summed E-state index contributed by atoms with van der Waals surface area (Å²) in [5.74, 6) is 0.358. The summed E-state index contributed by atoms with van der Waals surface area (Å²) >= 11 is 0. The lowest BCUT2D eigenvalue weighted by Crippen LogP contribution is -2.13. The molecule has 3 rings (SSSR count). The average molecular weight is 242 g/mol. The van der Waals surface area contributed by atoms with Gasteiger partial charge in [0.15, 0.2) is 0 Å². The van der Waals surface area contributed by atoms with Crippen LogP contribution in [-0.2, 0) is 11.3 Å². The molecule has 1 fully saturated rings. The summed E-state index contributed by atoms with van der Waals surface area (Å²) in [7, 11) is 0. The Bertz CT molecular complexity index is 546. The smallest absolute Gasteiger partial charge is 0.227 e. The van der Waals surface area contributed by atoms with Gasteiger partial charge >= 0.3 is 0 Å². The van der Waals surface area contributed by atoms with Gasteiger partial charge in [-0.2, -0.15) is 5.10 Å². The van der Waals surface area contributed by atoms with Crippen LogP contribution >= 0.6 is 0 Å². The van der Waals surface area contributed by atoms with Gasteiger partial charge in [0.05, 0.1) is 6.54 Å². The number of nitrogens with zero attached hydrogens (tertiary/aromatic N) is 3. The lowest BCUT2D eigenvalue weighted by molar-refractivity contribution is -0.117. The zero-order valence-corrected chi connectivity index (χ0v) is 9.91. The first kappa shape index (κ1) is 11.0. The topological polar surface area (TPSA) is 59.8 Å². The van der Waals surface area contributed by atoms with E-state index < -0.39 is 0 Å². The van der Waals surface area contributed by atoms with E-state index in [0.717, 1.165) is 24.1 Å². The van der Waals surface area contributed by atoms with Gasteiger partial charge < -0.3 is 5.32 Å². The van der Waals surface area contributed by atoms with Crippen molar-refractivity contribution in [3.8, 4) is 0 Å². The first-order chi connectivity index (χ1) is 8.81. The second-order valence-corrected chi connectivity index (χ2v) is 4.56.